The number of carbonyl (C=O) groups excluding carboxylic acids is 1. The Labute approximate surface area is 75.4 Å². The average molecular weight is 192 g/mol. The number of halogens is 1. The lowest BCUT2D eigenvalue weighted by Gasteiger charge is -2.21. The summed E-state index contributed by atoms with van der Waals surface area (Å²) in [6, 6.07) is -0.952. The molecule has 1 rings (SSSR count). The molecule has 5 nitrogen and oxygen atoms in total. The Bertz CT molecular complexity index is 191. The van der Waals surface area contributed by atoms with E-state index in [-0.39, 0.29) is 19.6 Å². The van der Waals surface area contributed by atoms with Crippen molar-refractivity contribution in [2.75, 3.05) is 20.3 Å². The van der Waals surface area contributed by atoms with Crippen LogP contribution < -0.4 is 5.48 Å². The molecule has 1 fully saturated rings. The van der Waals surface area contributed by atoms with Gasteiger partial charge in [0.1, 0.15) is 6.17 Å². The minimum absolute atomic E-state index is 0.0143. The van der Waals surface area contributed by atoms with Gasteiger partial charge in [0.05, 0.1) is 26.3 Å². The highest BCUT2D eigenvalue weighted by molar-refractivity contribution is 5.73. The fourth-order valence-corrected chi connectivity index (χ4v) is 1.43. The van der Waals surface area contributed by atoms with E-state index in [9.17, 15) is 9.18 Å². The van der Waals surface area contributed by atoms with E-state index in [2.05, 4.69) is 10.3 Å². The topological polar surface area (TPSA) is 61.8 Å². The minimum atomic E-state index is -1.06. The molecule has 1 aliphatic heterocycles. The summed E-state index contributed by atoms with van der Waals surface area (Å²) in [5.74, 6) is 0. The number of urea groups is 1. The van der Waals surface area contributed by atoms with Crippen molar-refractivity contribution in [1.29, 1.82) is 0 Å². The Hall–Kier alpha value is -0.880. The molecule has 2 amide bonds. The van der Waals surface area contributed by atoms with E-state index in [1.807, 2.05) is 0 Å². The molecule has 0 aromatic heterocycles. The third-order valence-electron chi connectivity index (χ3n) is 2.02. The highest BCUT2D eigenvalue weighted by Gasteiger charge is 2.34. The van der Waals surface area contributed by atoms with Crippen molar-refractivity contribution in [2.45, 2.75) is 18.6 Å². The van der Waals surface area contributed by atoms with Gasteiger partial charge in [-0.15, -0.1) is 0 Å². The van der Waals surface area contributed by atoms with Crippen LogP contribution in [0.25, 0.3) is 0 Å². The zero-order valence-corrected chi connectivity index (χ0v) is 7.36. The number of aliphatic hydroxyl groups is 1. The first-order valence-electron chi connectivity index (χ1n) is 4.03. The van der Waals surface area contributed by atoms with Crippen LogP contribution in [0, 0.1) is 0 Å². The summed E-state index contributed by atoms with van der Waals surface area (Å²) >= 11 is 0. The smallest absolute Gasteiger partial charge is 0.341 e. The fraction of sp³-hybridized carbons (Fsp3) is 0.857. The first kappa shape index (κ1) is 10.2. The second-order valence-electron chi connectivity index (χ2n) is 2.93. The van der Waals surface area contributed by atoms with E-state index < -0.39 is 18.2 Å². The molecule has 13 heavy (non-hydrogen) atoms. The molecular weight excluding hydrogens is 179 g/mol. The molecule has 2 atom stereocenters. The van der Waals surface area contributed by atoms with E-state index in [1.54, 1.807) is 0 Å². The summed E-state index contributed by atoms with van der Waals surface area (Å²) in [7, 11) is 1.30. The summed E-state index contributed by atoms with van der Waals surface area (Å²) < 4.78 is 12.8. The van der Waals surface area contributed by atoms with E-state index >= 15 is 0 Å². The average Bonchev–Trinajstić information content (AvgIpc) is 2.47. The summed E-state index contributed by atoms with van der Waals surface area (Å²) in [6.45, 7) is -0.210. The lowest BCUT2D eigenvalue weighted by Crippen LogP contribution is -2.43. The summed E-state index contributed by atoms with van der Waals surface area (Å²) in [6.07, 6.45) is -0.868. The van der Waals surface area contributed by atoms with Crippen molar-refractivity contribution in [2.24, 2.45) is 0 Å². The zero-order valence-electron chi connectivity index (χ0n) is 7.36. The lowest BCUT2D eigenvalue weighted by molar-refractivity contribution is 0.0770. The zero-order chi connectivity index (χ0) is 9.84. The van der Waals surface area contributed by atoms with Gasteiger partial charge < -0.3 is 10.0 Å². The normalized spacial score (nSPS) is 27.8. The van der Waals surface area contributed by atoms with Gasteiger partial charge >= 0.3 is 6.03 Å². The summed E-state index contributed by atoms with van der Waals surface area (Å²) in [5.41, 5.74) is 2.08. The van der Waals surface area contributed by atoms with E-state index in [0.29, 0.717) is 0 Å². The van der Waals surface area contributed by atoms with Gasteiger partial charge in [-0.3, -0.25) is 4.84 Å². The van der Waals surface area contributed by atoms with Gasteiger partial charge in [-0.1, -0.05) is 0 Å². The highest BCUT2D eigenvalue weighted by Crippen LogP contribution is 2.19. The molecule has 76 valence electrons. The van der Waals surface area contributed by atoms with Gasteiger partial charge in [0.2, 0.25) is 0 Å². The maximum Gasteiger partial charge on any atom is 0.341 e. The van der Waals surface area contributed by atoms with Crippen molar-refractivity contribution >= 4 is 6.03 Å². The van der Waals surface area contributed by atoms with Gasteiger partial charge in [0.15, 0.2) is 0 Å². The monoisotopic (exact) mass is 192 g/mol. The third-order valence-corrected chi connectivity index (χ3v) is 2.02. The molecule has 0 radical (unpaired) electrons. The second kappa shape index (κ2) is 4.38. The molecule has 1 heterocycles. The van der Waals surface area contributed by atoms with E-state index in [1.165, 1.54) is 12.0 Å². The number of alkyl halides is 1. The summed E-state index contributed by atoms with van der Waals surface area (Å²) in [4.78, 5) is 16.8. The predicted molar refractivity (Wildman–Crippen MR) is 42.6 cm³/mol. The molecule has 0 spiro atoms. The van der Waals surface area contributed by atoms with Crippen LogP contribution in [0.1, 0.15) is 6.42 Å². The number of likely N-dealkylation sites (tertiary alicyclic amines) is 1. The van der Waals surface area contributed by atoms with Gasteiger partial charge in [-0.05, 0) is 0 Å². The molecule has 6 heteroatoms. The van der Waals surface area contributed by atoms with Gasteiger partial charge in [-0.25, -0.2) is 14.7 Å². The van der Waals surface area contributed by atoms with Gasteiger partial charge in [-0.2, -0.15) is 0 Å². The number of hydroxylamine groups is 1. The van der Waals surface area contributed by atoms with Crippen molar-refractivity contribution in [3.63, 3.8) is 0 Å². The Morgan fingerprint density at radius 2 is 2.54 bits per heavy atom. The number of hydrogen-bond donors (Lipinski definition) is 2. The number of hydrogen-bond acceptors (Lipinski definition) is 3. The third kappa shape index (κ3) is 2.28. The number of aliphatic hydroxyl groups excluding tert-OH is 1. The largest absolute Gasteiger partial charge is 0.394 e. The Balaban J connectivity index is 2.52. The SMILES string of the molecule is CONC(=O)N1C[C@@H](F)C[C@H]1CO. The number of nitrogens with one attached hydrogen (secondary N) is 1. The number of carbonyl (C=O) groups is 1. The van der Waals surface area contributed by atoms with Gasteiger partial charge in [0.25, 0.3) is 0 Å². The molecule has 0 bridgehead atoms. The predicted octanol–water partition coefficient (Wildman–Crippen LogP) is -0.338. The maximum absolute atomic E-state index is 12.8. The van der Waals surface area contributed by atoms with Crippen molar-refractivity contribution in [1.82, 2.24) is 10.4 Å². The Morgan fingerprint density at radius 1 is 1.85 bits per heavy atom. The molecule has 0 unspecified atom stereocenters. The molecule has 2 N–H and O–H groups in total. The van der Waals surface area contributed by atoms with Crippen LogP contribution in [-0.2, 0) is 4.84 Å². The Morgan fingerprint density at radius 3 is 3.08 bits per heavy atom. The lowest BCUT2D eigenvalue weighted by atomic mass is 10.2. The standard InChI is InChI=1S/C7H13FN2O3/c1-13-9-7(12)10-3-5(8)2-6(10)4-11/h5-6,11H,2-4H2,1H3,(H,9,12)/t5-,6-/m0/s1. The van der Waals surface area contributed by atoms with E-state index in [0.717, 1.165) is 0 Å². The van der Waals surface area contributed by atoms with Crippen LogP contribution in [0.5, 0.6) is 0 Å². The van der Waals surface area contributed by atoms with Crippen molar-refractivity contribution in [3.8, 4) is 0 Å². The minimum Gasteiger partial charge on any atom is -0.394 e. The molecule has 0 aliphatic carbocycles. The number of rotatable bonds is 2. The molecule has 1 saturated heterocycles. The molecule has 0 aromatic carbocycles. The van der Waals surface area contributed by atoms with Crippen LogP contribution in [0.2, 0.25) is 0 Å². The molecule has 0 aromatic rings. The highest BCUT2D eigenvalue weighted by atomic mass is 19.1. The number of nitrogens with zero attached hydrogens (tertiary/aromatic N) is 1. The van der Waals surface area contributed by atoms with Crippen LogP contribution in [0.15, 0.2) is 0 Å². The first-order valence-corrected chi connectivity index (χ1v) is 4.03. The number of amides is 2. The first-order chi connectivity index (χ1) is 6.19. The van der Waals surface area contributed by atoms with Crippen LogP contribution in [-0.4, -0.2) is 48.5 Å². The Kier molecular flexibility index (Phi) is 3.44. The second-order valence-corrected chi connectivity index (χ2v) is 2.93. The maximum atomic E-state index is 12.8. The van der Waals surface area contributed by atoms with Crippen LogP contribution in [0.4, 0.5) is 9.18 Å². The molecule has 0 saturated carbocycles. The van der Waals surface area contributed by atoms with Crippen molar-refractivity contribution < 1.29 is 19.1 Å². The molecule has 1 aliphatic rings. The van der Waals surface area contributed by atoms with Gasteiger partial charge in [0, 0.05) is 6.42 Å². The fourth-order valence-electron chi connectivity index (χ4n) is 1.43. The quantitative estimate of drug-likeness (QED) is 0.588. The molecular formula is C7H13FN2O3. The summed E-state index contributed by atoms with van der Waals surface area (Å²) in [5, 5.41) is 8.84. The van der Waals surface area contributed by atoms with Crippen molar-refractivity contribution in [3.05, 3.63) is 0 Å². The van der Waals surface area contributed by atoms with Crippen LogP contribution in [0.3, 0.4) is 0 Å². The van der Waals surface area contributed by atoms with E-state index in [4.69, 9.17) is 5.11 Å². The van der Waals surface area contributed by atoms with Crippen LogP contribution >= 0.6 is 0 Å².